The molecule has 0 saturated heterocycles. The van der Waals surface area contributed by atoms with Crippen LogP contribution in [0.3, 0.4) is 0 Å². The van der Waals surface area contributed by atoms with Gasteiger partial charge in [0, 0.05) is 11.8 Å². The lowest BCUT2D eigenvalue weighted by Crippen LogP contribution is -2.35. The number of primary amides is 1. The van der Waals surface area contributed by atoms with Gasteiger partial charge in [0.1, 0.15) is 11.5 Å². The van der Waals surface area contributed by atoms with Gasteiger partial charge in [0.25, 0.3) is 0 Å². The Labute approximate surface area is 178 Å². The molecule has 1 heterocycles. The highest BCUT2D eigenvalue weighted by Gasteiger charge is 2.20. The van der Waals surface area contributed by atoms with Crippen LogP contribution in [-0.2, 0) is 4.79 Å². The minimum atomic E-state index is -0.727. The Kier molecular flexibility index (Phi) is 5.89. The lowest BCUT2D eigenvalue weighted by Gasteiger charge is -2.19. The van der Waals surface area contributed by atoms with Gasteiger partial charge >= 0.3 is 6.03 Å². The van der Waals surface area contributed by atoms with Crippen LogP contribution in [0.4, 0.5) is 10.5 Å². The standard InChI is InChI=1S/C23H21N3O5/c24-23(28)26-19(13-22(27)25-16-9-10-20-21(12-16)30-14-29-20)15-5-4-8-18(11-15)31-17-6-2-1-3-7-17/h1-12,19H,13-14H2,(H,25,27)(H3,24,26,28)/t19-/m1/s1. The highest BCUT2D eigenvalue weighted by Crippen LogP contribution is 2.34. The molecule has 0 unspecified atom stereocenters. The average Bonchev–Trinajstić information content (AvgIpc) is 3.22. The van der Waals surface area contributed by atoms with Crippen molar-refractivity contribution in [3.05, 3.63) is 78.4 Å². The molecule has 31 heavy (non-hydrogen) atoms. The van der Waals surface area contributed by atoms with Crippen LogP contribution in [0.25, 0.3) is 0 Å². The molecule has 0 spiro atoms. The predicted octanol–water partition coefficient (Wildman–Crippen LogP) is 3.95. The van der Waals surface area contributed by atoms with Crippen molar-refractivity contribution in [3.8, 4) is 23.0 Å². The van der Waals surface area contributed by atoms with E-state index in [1.54, 1.807) is 42.5 Å². The molecule has 1 aliphatic rings. The SMILES string of the molecule is NC(=O)N[C@H](CC(=O)Nc1ccc2c(c1)OCO2)c1cccc(Oc2ccccc2)c1. The molecule has 8 heteroatoms. The van der Waals surface area contributed by atoms with Gasteiger partial charge in [0.05, 0.1) is 12.5 Å². The van der Waals surface area contributed by atoms with Gasteiger partial charge in [0.15, 0.2) is 11.5 Å². The number of ether oxygens (including phenoxy) is 3. The second-order valence-corrected chi connectivity index (χ2v) is 6.87. The maximum absolute atomic E-state index is 12.6. The summed E-state index contributed by atoms with van der Waals surface area (Å²) in [5.74, 6) is 2.15. The lowest BCUT2D eigenvalue weighted by atomic mass is 10.0. The molecule has 1 aliphatic heterocycles. The van der Waals surface area contributed by atoms with Crippen molar-refractivity contribution in [2.24, 2.45) is 5.73 Å². The molecular weight excluding hydrogens is 398 g/mol. The number of hydrogen-bond donors (Lipinski definition) is 3. The molecule has 0 aliphatic carbocycles. The molecule has 158 valence electrons. The van der Waals surface area contributed by atoms with Gasteiger partial charge in [-0.15, -0.1) is 0 Å². The maximum atomic E-state index is 12.6. The molecular formula is C23H21N3O5. The summed E-state index contributed by atoms with van der Waals surface area (Å²) in [6.45, 7) is 0.152. The van der Waals surface area contributed by atoms with E-state index in [0.717, 1.165) is 0 Å². The number of para-hydroxylation sites is 1. The van der Waals surface area contributed by atoms with Gasteiger partial charge in [-0.1, -0.05) is 30.3 Å². The molecule has 3 aromatic rings. The summed E-state index contributed by atoms with van der Waals surface area (Å²) in [6.07, 6.45) is -0.0217. The topological polar surface area (TPSA) is 112 Å². The molecule has 8 nitrogen and oxygen atoms in total. The molecule has 0 bridgehead atoms. The number of nitrogens with two attached hydrogens (primary N) is 1. The van der Waals surface area contributed by atoms with Gasteiger partial charge in [0.2, 0.25) is 12.7 Å². The molecule has 0 radical (unpaired) electrons. The largest absolute Gasteiger partial charge is 0.457 e. The third-order valence-electron chi connectivity index (χ3n) is 4.60. The van der Waals surface area contributed by atoms with Crippen LogP contribution in [-0.4, -0.2) is 18.7 Å². The van der Waals surface area contributed by atoms with E-state index in [0.29, 0.717) is 34.2 Å². The minimum Gasteiger partial charge on any atom is -0.457 e. The first kappa shape index (κ1) is 20.1. The van der Waals surface area contributed by atoms with E-state index >= 15 is 0 Å². The van der Waals surface area contributed by atoms with Crippen molar-refractivity contribution in [2.45, 2.75) is 12.5 Å². The van der Waals surface area contributed by atoms with E-state index in [2.05, 4.69) is 10.6 Å². The second kappa shape index (κ2) is 9.08. The van der Waals surface area contributed by atoms with Crippen LogP contribution < -0.4 is 30.6 Å². The normalized spacial score (nSPS) is 12.6. The molecule has 1 atom stereocenters. The maximum Gasteiger partial charge on any atom is 0.312 e. The van der Waals surface area contributed by atoms with E-state index < -0.39 is 12.1 Å². The minimum absolute atomic E-state index is 0.0217. The van der Waals surface area contributed by atoms with Gasteiger partial charge in [-0.2, -0.15) is 0 Å². The number of hydrogen-bond acceptors (Lipinski definition) is 5. The second-order valence-electron chi connectivity index (χ2n) is 6.87. The summed E-state index contributed by atoms with van der Waals surface area (Å²) in [6, 6.07) is 20.2. The van der Waals surface area contributed by atoms with E-state index in [9.17, 15) is 9.59 Å². The van der Waals surface area contributed by atoms with Crippen molar-refractivity contribution in [1.82, 2.24) is 5.32 Å². The van der Waals surface area contributed by atoms with Crippen LogP contribution in [0.1, 0.15) is 18.0 Å². The smallest absolute Gasteiger partial charge is 0.312 e. The zero-order valence-electron chi connectivity index (χ0n) is 16.5. The molecule has 0 fully saturated rings. The predicted molar refractivity (Wildman–Crippen MR) is 114 cm³/mol. The van der Waals surface area contributed by atoms with Crippen molar-refractivity contribution in [3.63, 3.8) is 0 Å². The first-order valence-corrected chi connectivity index (χ1v) is 9.65. The van der Waals surface area contributed by atoms with Gasteiger partial charge in [-0.05, 0) is 42.0 Å². The third kappa shape index (κ3) is 5.24. The number of rotatable bonds is 7. The first-order chi connectivity index (χ1) is 15.1. The Morgan fingerprint density at radius 3 is 2.52 bits per heavy atom. The zero-order valence-corrected chi connectivity index (χ0v) is 16.5. The van der Waals surface area contributed by atoms with E-state index in [1.807, 2.05) is 30.3 Å². The van der Waals surface area contributed by atoms with Crippen molar-refractivity contribution >= 4 is 17.6 Å². The van der Waals surface area contributed by atoms with Gasteiger partial charge in [-0.25, -0.2) is 4.79 Å². The zero-order chi connectivity index (χ0) is 21.6. The lowest BCUT2D eigenvalue weighted by molar-refractivity contribution is -0.116. The van der Waals surface area contributed by atoms with Crippen LogP contribution in [0.2, 0.25) is 0 Å². The van der Waals surface area contributed by atoms with Crippen LogP contribution in [0, 0.1) is 0 Å². The Balaban J connectivity index is 1.47. The number of urea groups is 1. The summed E-state index contributed by atoms with van der Waals surface area (Å²) < 4.78 is 16.4. The molecule has 0 saturated carbocycles. The summed E-state index contributed by atoms with van der Waals surface area (Å²) in [4.78, 5) is 24.2. The summed E-state index contributed by atoms with van der Waals surface area (Å²) >= 11 is 0. The van der Waals surface area contributed by atoms with Crippen molar-refractivity contribution < 1.29 is 23.8 Å². The highest BCUT2D eigenvalue weighted by atomic mass is 16.7. The number of carbonyl (C=O) groups is 2. The number of nitrogens with one attached hydrogen (secondary N) is 2. The Hall–Kier alpha value is -4.20. The molecule has 0 aromatic heterocycles. The fourth-order valence-corrected chi connectivity index (χ4v) is 3.22. The van der Waals surface area contributed by atoms with E-state index in [1.165, 1.54) is 0 Å². The molecule has 4 rings (SSSR count). The monoisotopic (exact) mass is 419 g/mol. The van der Waals surface area contributed by atoms with E-state index in [4.69, 9.17) is 19.9 Å². The van der Waals surface area contributed by atoms with Crippen LogP contribution >= 0.6 is 0 Å². The van der Waals surface area contributed by atoms with Gasteiger partial charge < -0.3 is 30.6 Å². The molecule has 3 amide bonds. The molecule has 4 N–H and O–H groups in total. The average molecular weight is 419 g/mol. The van der Waals surface area contributed by atoms with Crippen molar-refractivity contribution in [2.75, 3.05) is 12.1 Å². The van der Waals surface area contributed by atoms with E-state index in [-0.39, 0.29) is 19.1 Å². The molecule has 3 aromatic carbocycles. The summed E-state index contributed by atoms with van der Waals surface area (Å²) in [5, 5.41) is 5.43. The third-order valence-corrected chi connectivity index (χ3v) is 4.60. The van der Waals surface area contributed by atoms with Gasteiger partial charge in [-0.3, -0.25) is 4.79 Å². The Bertz CT molecular complexity index is 1090. The van der Waals surface area contributed by atoms with Crippen LogP contribution in [0.5, 0.6) is 23.0 Å². The fraction of sp³-hybridized carbons (Fsp3) is 0.130. The number of carbonyl (C=O) groups excluding carboxylic acids is 2. The number of benzene rings is 3. The number of anilines is 1. The van der Waals surface area contributed by atoms with Crippen LogP contribution in [0.15, 0.2) is 72.8 Å². The Morgan fingerprint density at radius 1 is 0.935 bits per heavy atom. The Morgan fingerprint density at radius 2 is 1.71 bits per heavy atom. The summed E-state index contributed by atoms with van der Waals surface area (Å²) in [5.41, 5.74) is 6.59. The van der Waals surface area contributed by atoms with Crippen molar-refractivity contribution in [1.29, 1.82) is 0 Å². The first-order valence-electron chi connectivity index (χ1n) is 9.65. The highest BCUT2D eigenvalue weighted by molar-refractivity contribution is 5.92. The summed E-state index contributed by atoms with van der Waals surface area (Å²) in [7, 11) is 0. The number of fused-ring (bicyclic) bond motifs is 1. The fourth-order valence-electron chi connectivity index (χ4n) is 3.22. The quantitative estimate of drug-likeness (QED) is 0.537. The number of amides is 3.